The van der Waals surface area contributed by atoms with E-state index in [9.17, 15) is 4.79 Å². The van der Waals surface area contributed by atoms with Crippen molar-refractivity contribution in [1.29, 1.82) is 0 Å². The van der Waals surface area contributed by atoms with Gasteiger partial charge in [-0.15, -0.1) is 0 Å². The van der Waals surface area contributed by atoms with Crippen LogP contribution in [-0.4, -0.2) is 35.6 Å². The van der Waals surface area contributed by atoms with Crippen LogP contribution in [0.4, 0.5) is 0 Å². The molecule has 4 nitrogen and oxygen atoms in total. The highest BCUT2D eigenvalue weighted by molar-refractivity contribution is 5.88. The van der Waals surface area contributed by atoms with Gasteiger partial charge in [-0.3, -0.25) is 4.79 Å². The van der Waals surface area contributed by atoms with Crippen molar-refractivity contribution >= 4 is 16.9 Å². The van der Waals surface area contributed by atoms with Gasteiger partial charge < -0.3 is 14.4 Å². The molecule has 1 amide bonds. The zero-order valence-corrected chi connectivity index (χ0v) is 12.1. The molecule has 2 rings (SSSR count). The molecule has 1 heterocycles. The van der Waals surface area contributed by atoms with Gasteiger partial charge in [-0.05, 0) is 25.0 Å². The van der Waals surface area contributed by atoms with E-state index < -0.39 is 0 Å². The number of carbonyl (C=O) groups is 1. The summed E-state index contributed by atoms with van der Waals surface area (Å²) in [5, 5.41) is 10.0. The summed E-state index contributed by atoms with van der Waals surface area (Å²) in [4.78, 5) is 14.0. The van der Waals surface area contributed by atoms with Crippen molar-refractivity contribution in [2.45, 2.75) is 26.7 Å². The predicted octanol–water partition coefficient (Wildman–Crippen LogP) is 2.51. The van der Waals surface area contributed by atoms with E-state index >= 15 is 0 Å². The zero-order valence-electron chi connectivity index (χ0n) is 12.1. The van der Waals surface area contributed by atoms with Crippen molar-refractivity contribution in [2.75, 3.05) is 19.7 Å². The number of benzene rings is 1. The van der Waals surface area contributed by atoms with Gasteiger partial charge in [-0.2, -0.15) is 0 Å². The number of aryl methyl sites for hydroxylation is 1. The third-order valence-electron chi connectivity index (χ3n) is 3.37. The number of aliphatic hydroxyl groups excluding tert-OH is 1. The number of fused-ring (bicyclic) bond motifs is 1. The van der Waals surface area contributed by atoms with Crippen LogP contribution in [0.15, 0.2) is 28.9 Å². The first-order valence-electron chi connectivity index (χ1n) is 7.01. The van der Waals surface area contributed by atoms with Crippen LogP contribution >= 0.6 is 0 Å². The molecule has 0 bridgehead atoms. The SMILES string of the molecule is CCCN(CCO)C(=O)Cc1coc2cc(C)ccc12. The molecule has 0 fully saturated rings. The second-order valence-corrected chi connectivity index (χ2v) is 5.04. The Morgan fingerprint density at radius 1 is 1.35 bits per heavy atom. The average Bonchev–Trinajstić information content (AvgIpc) is 2.80. The first-order valence-corrected chi connectivity index (χ1v) is 7.01. The topological polar surface area (TPSA) is 53.7 Å². The number of nitrogens with zero attached hydrogens (tertiary/aromatic N) is 1. The fourth-order valence-corrected chi connectivity index (χ4v) is 2.35. The first-order chi connectivity index (χ1) is 9.65. The summed E-state index contributed by atoms with van der Waals surface area (Å²) < 4.78 is 5.51. The molecule has 0 spiro atoms. The molecule has 0 aliphatic rings. The minimum absolute atomic E-state index is 0.00291. The van der Waals surface area contributed by atoms with Crippen molar-refractivity contribution in [3.8, 4) is 0 Å². The summed E-state index contributed by atoms with van der Waals surface area (Å²) in [6.07, 6.45) is 2.86. The summed E-state index contributed by atoms with van der Waals surface area (Å²) >= 11 is 0. The molecule has 0 saturated heterocycles. The summed E-state index contributed by atoms with van der Waals surface area (Å²) in [5.74, 6) is 0.0316. The minimum Gasteiger partial charge on any atom is -0.464 e. The highest BCUT2D eigenvalue weighted by atomic mass is 16.3. The third kappa shape index (κ3) is 3.20. The maximum Gasteiger partial charge on any atom is 0.227 e. The maximum atomic E-state index is 12.3. The molecule has 0 atom stereocenters. The monoisotopic (exact) mass is 275 g/mol. The van der Waals surface area contributed by atoms with Crippen molar-refractivity contribution in [3.05, 3.63) is 35.6 Å². The summed E-state index contributed by atoms with van der Waals surface area (Å²) in [7, 11) is 0. The Labute approximate surface area is 119 Å². The molecule has 1 aromatic heterocycles. The Balaban J connectivity index is 2.16. The molecule has 1 N–H and O–H groups in total. The van der Waals surface area contributed by atoms with E-state index in [1.165, 1.54) is 0 Å². The fourth-order valence-electron chi connectivity index (χ4n) is 2.35. The predicted molar refractivity (Wildman–Crippen MR) is 78.6 cm³/mol. The lowest BCUT2D eigenvalue weighted by atomic mass is 10.1. The van der Waals surface area contributed by atoms with Crippen LogP contribution in [-0.2, 0) is 11.2 Å². The van der Waals surface area contributed by atoms with E-state index in [1.54, 1.807) is 11.2 Å². The van der Waals surface area contributed by atoms with Crippen LogP contribution < -0.4 is 0 Å². The molecule has 0 radical (unpaired) electrons. The van der Waals surface area contributed by atoms with Gasteiger partial charge in [0, 0.05) is 24.0 Å². The lowest BCUT2D eigenvalue weighted by Crippen LogP contribution is -2.35. The van der Waals surface area contributed by atoms with Crippen molar-refractivity contribution < 1.29 is 14.3 Å². The van der Waals surface area contributed by atoms with Crippen LogP contribution in [0.1, 0.15) is 24.5 Å². The smallest absolute Gasteiger partial charge is 0.227 e. The van der Waals surface area contributed by atoms with Gasteiger partial charge in [0.25, 0.3) is 0 Å². The van der Waals surface area contributed by atoms with Gasteiger partial charge in [-0.1, -0.05) is 19.1 Å². The Kier molecular flexibility index (Phi) is 4.79. The fraction of sp³-hybridized carbons (Fsp3) is 0.438. The Morgan fingerprint density at radius 2 is 2.15 bits per heavy atom. The van der Waals surface area contributed by atoms with E-state index in [0.29, 0.717) is 19.5 Å². The van der Waals surface area contributed by atoms with Gasteiger partial charge >= 0.3 is 0 Å². The molecule has 0 unspecified atom stereocenters. The van der Waals surface area contributed by atoms with Gasteiger partial charge in [0.15, 0.2) is 0 Å². The second-order valence-electron chi connectivity index (χ2n) is 5.04. The quantitative estimate of drug-likeness (QED) is 0.881. The summed E-state index contributed by atoms with van der Waals surface area (Å²) in [6.45, 7) is 5.09. The molecule has 1 aromatic carbocycles. The van der Waals surface area contributed by atoms with E-state index in [-0.39, 0.29) is 12.5 Å². The number of carbonyl (C=O) groups excluding carboxylic acids is 1. The van der Waals surface area contributed by atoms with Crippen LogP contribution in [0.25, 0.3) is 11.0 Å². The van der Waals surface area contributed by atoms with E-state index in [4.69, 9.17) is 9.52 Å². The maximum absolute atomic E-state index is 12.3. The van der Waals surface area contributed by atoms with Gasteiger partial charge in [0.2, 0.25) is 5.91 Å². The standard InChI is InChI=1S/C16H21NO3/c1-3-6-17(7-8-18)16(19)10-13-11-20-15-9-12(2)4-5-14(13)15/h4-5,9,11,18H,3,6-8,10H2,1-2H3. The number of hydrogen-bond acceptors (Lipinski definition) is 3. The van der Waals surface area contributed by atoms with Crippen LogP contribution in [0.3, 0.4) is 0 Å². The van der Waals surface area contributed by atoms with E-state index in [1.807, 2.05) is 32.0 Å². The Bertz CT molecular complexity index is 582. The normalized spacial score (nSPS) is 10.9. The highest BCUT2D eigenvalue weighted by Crippen LogP contribution is 2.23. The number of aliphatic hydroxyl groups is 1. The molecule has 0 aliphatic heterocycles. The molecule has 0 saturated carbocycles. The Morgan fingerprint density at radius 3 is 2.85 bits per heavy atom. The lowest BCUT2D eigenvalue weighted by Gasteiger charge is -2.20. The van der Waals surface area contributed by atoms with Crippen LogP contribution in [0.5, 0.6) is 0 Å². The minimum atomic E-state index is -0.00291. The molecule has 4 heteroatoms. The third-order valence-corrected chi connectivity index (χ3v) is 3.37. The molecular weight excluding hydrogens is 254 g/mol. The second kappa shape index (κ2) is 6.57. The van der Waals surface area contributed by atoms with Gasteiger partial charge in [0.05, 0.1) is 19.3 Å². The number of furan rings is 1. The summed E-state index contributed by atoms with van der Waals surface area (Å²) in [5.41, 5.74) is 2.86. The van der Waals surface area contributed by atoms with Crippen molar-refractivity contribution in [1.82, 2.24) is 4.90 Å². The molecule has 20 heavy (non-hydrogen) atoms. The van der Waals surface area contributed by atoms with Gasteiger partial charge in [-0.25, -0.2) is 0 Å². The average molecular weight is 275 g/mol. The lowest BCUT2D eigenvalue weighted by molar-refractivity contribution is -0.131. The summed E-state index contributed by atoms with van der Waals surface area (Å²) in [6, 6.07) is 5.98. The van der Waals surface area contributed by atoms with E-state index in [2.05, 4.69) is 0 Å². The zero-order chi connectivity index (χ0) is 14.5. The number of rotatable bonds is 6. The highest BCUT2D eigenvalue weighted by Gasteiger charge is 2.15. The van der Waals surface area contributed by atoms with Crippen LogP contribution in [0.2, 0.25) is 0 Å². The molecular formula is C16H21NO3. The first kappa shape index (κ1) is 14.6. The van der Waals surface area contributed by atoms with Crippen LogP contribution in [0, 0.1) is 6.92 Å². The van der Waals surface area contributed by atoms with E-state index in [0.717, 1.165) is 28.5 Å². The molecule has 2 aromatic rings. The molecule has 108 valence electrons. The Hall–Kier alpha value is -1.81. The number of amides is 1. The largest absolute Gasteiger partial charge is 0.464 e. The molecule has 0 aliphatic carbocycles. The van der Waals surface area contributed by atoms with Crippen molar-refractivity contribution in [2.24, 2.45) is 0 Å². The van der Waals surface area contributed by atoms with Gasteiger partial charge in [0.1, 0.15) is 5.58 Å². The van der Waals surface area contributed by atoms with Crippen molar-refractivity contribution in [3.63, 3.8) is 0 Å². The number of hydrogen-bond donors (Lipinski definition) is 1.